The van der Waals surface area contributed by atoms with Gasteiger partial charge in [-0.3, -0.25) is 4.98 Å². The largest absolute Gasteiger partial charge is 0.487 e. The van der Waals surface area contributed by atoms with Gasteiger partial charge in [0.05, 0.1) is 29.4 Å². The maximum atomic E-state index is 12.8. The molecule has 4 rings (SSSR count). The van der Waals surface area contributed by atoms with Crippen LogP contribution in [-0.2, 0) is 32.7 Å². The van der Waals surface area contributed by atoms with E-state index in [-0.39, 0.29) is 17.1 Å². The molecule has 172 valence electrons. The Morgan fingerprint density at radius 3 is 2.48 bits per heavy atom. The third-order valence-electron chi connectivity index (χ3n) is 5.08. The summed E-state index contributed by atoms with van der Waals surface area (Å²) in [5.41, 5.74) is 1.79. The van der Waals surface area contributed by atoms with E-state index in [9.17, 15) is 13.2 Å². The third kappa shape index (κ3) is 5.95. The molecule has 2 aromatic carbocycles. The van der Waals surface area contributed by atoms with Crippen molar-refractivity contribution in [1.82, 2.24) is 9.29 Å². The summed E-state index contributed by atoms with van der Waals surface area (Å²) >= 11 is 0. The highest BCUT2D eigenvalue weighted by atomic mass is 32.2. The van der Waals surface area contributed by atoms with Crippen LogP contribution in [0.1, 0.15) is 21.6 Å². The molecule has 1 aliphatic rings. The SMILES string of the molecule is O=C(OCc1ccc(OCc2ccccn2)cc1)c1cccc(S(=O)(=O)N2CCOCC2)c1. The minimum Gasteiger partial charge on any atom is -0.487 e. The van der Waals surface area contributed by atoms with E-state index in [1.54, 1.807) is 30.5 Å². The van der Waals surface area contributed by atoms with Crippen molar-refractivity contribution in [2.24, 2.45) is 0 Å². The molecular weight excluding hydrogens is 444 g/mol. The Kier molecular flexibility index (Phi) is 7.33. The maximum Gasteiger partial charge on any atom is 0.338 e. The number of pyridine rings is 1. The Morgan fingerprint density at radius 1 is 0.970 bits per heavy atom. The molecule has 0 unspecified atom stereocenters. The van der Waals surface area contributed by atoms with Gasteiger partial charge in [-0.05, 0) is 48.0 Å². The van der Waals surface area contributed by atoms with Crippen molar-refractivity contribution in [1.29, 1.82) is 0 Å². The summed E-state index contributed by atoms with van der Waals surface area (Å²) < 4.78 is 43.3. The highest BCUT2D eigenvalue weighted by Crippen LogP contribution is 2.20. The maximum absolute atomic E-state index is 12.8. The van der Waals surface area contributed by atoms with E-state index in [0.717, 1.165) is 11.3 Å². The molecular formula is C24H24N2O6S. The van der Waals surface area contributed by atoms with Gasteiger partial charge in [0.1, 0.15) is 19.0 Å². The smallest absolute Gasteiger partial charge is 0.338 e. The lowest BCUT2D eigenvalue weighted by Crippen LogP contribution is -2.40. The first-order valence-corrected chi connectivity index (χ1v) is 11.9. The number of nitrogens with zero attached hydrogens (tertiary/aromatic N) is 2. The minimum atomic E-state index is -3.69. The fourth-order valence-electron chi connectivity index (χ4n) is 3.27. The molecule has 0 bridgehead atoms. The second-order valence-corrected chi connectivity index (χ2v) is 9.31. The van der Waals surface area contributed by atoms with Crippen LogP contribution in [-0.4, -0.2) is 50.0 Å². The van der Waals surface area contributed by atoms with Crippen LogP contribution in [0.3, 0.4) is 0 Å². The molecule has 0 amide bonds. The topological polar surface area (TPSA) is 95.0 Å². The van der Waals surface area contributed by atoms with Crippen LogP contribution < -0.4 is 4.74 Å². The molecule has 2 heterocycles. The van der Waals surface area contributed by atoms with Crippen LogP contribution in [0.25, 0.3) is 0 Å². The molecule has 0 saturated carbocycles. The Balaban J connectivity index is 1.33. The van der Waals surface area contributed by atoms with Crippen molar-refractivity contribution in [3.8, 4) is 5.75 Å². The predicted octanol–water partition coefficient (Wildman–Crippen LogP) is 3.04. The number of rotatable bonds is 8. The fourth-order valence-corrected chi connectivity index (χ4v) is 4.73. The standard InChI is InChI=1S/C24H24N2O6S/c27-24(20-4-3-6-23(16-20)33(28,29)26-12-14-30-15-13-26)32-17-19-7-9-22(10-8-19)31-18-21-5-1-2-11-25-21/h1-11,16H,12-15,17-18H2. The summed E-state index contributed by atoms with van der Waals surface area (Å²) in [6.45, 7) is 1.71. The van der Waals surface area contributed by atoms with Gasteiger partial charge in [-0.25, -0.2) is 13.2 Å². The van der Waals surface area contributed by atoms with Gasteiger partial charge >= 0.3 is 5.97 Å². The zero-order valence-electron chi connectivity index (χ0n) is 17.9. The van der Waals surface area contributed by atoms with Gasteiger partial charge < -0.3 is 14.2 Å². The molecule has 3 aromatic rings. The molecule has 33 heavy (non-hydrogen) atoms. The third-order valence-corrected chi connectivity index (χ3v) is 6.98. The molecule has 0 spiro atoms. The number of hydrogen-bond donors (Lipinski definition) is 0. The Hall–Kier alpha value is -3.27. The average Bonchev–Trinajstić information content (AvgIpc) is 2.88. The summed E-state index contributed by atoms with van der Waals surface area (Å²) in [7, 11) is -3.69. The van der Waals surface area contributed by atoms with Gasteiger partial charge in [0, 0.05) is 19.3 Å². The van der Waals surface area contributed by atoms with E-state index < -0.39 is 16.0 Å². The van der Waals surface area contributed by atoms with Crippen molar-refractivity contribution in [2.75, 3.05) is 26.3 Å². The van der Waals surface area contributed by atoms with Gasteiger partial charge in [-0.2, -0.15) is 4.31 Å². The van der Waals surface area contributed by atoms with Crippen molar-refractivity contribution in [2.45, 2.75) is 18.1 Å². The highest BCUT2D eigenvalue weighted by molar-refractivity contribution is 7.89. The molecule has 1 saturated heterocycles. The summed E-state index contributed by atoms with van der Waals surface area (Å²) in [6, 6.07) is 18.7. The molecule has 1 fully saturated rings. The number of morpholine rings is 1. The summed E-state index contributed by atoms with van der Waals surface area (Å²) in [4.78, 5) is 16.8. The first-order valence-electron chi connectivity index (χ1n) is 10.5. The van der Waals surface area contributed by atoms with Crippen LogP contribution in [0, 0.1) is 0 Å². The lowest BCUT2D eigenvalue weighted by molar-refractivity contribution is 0.0472. The van der Waals surface area contributed by atoms with Crippen LogP contribution in [0.15, 0.2) is 77.8 Å². The molecule has 0 N–H and O–H groups in total. The number of sulfonamides is 1. The first-order chi connectivity index (χ1) is 16.0. The van der Waals surface area contributed by atoms with E-state index in [4.69, 9.17) is 14.2 Å². The second-order valence-electron chi connectivity index (χ2n) is 7.37. The summed E-state index contributed by atoms with van der Waals surface area (Å²) in [5, 5.41) is 0. The van der Waals surface area contributed by atoms with Gasteiger partial charge in [-0.1, -0.05) is 24.3 Å². The number of carbonyl (C=O) groups excluding carboxylic acids is 1. The van der Waals surface area contributed by atoms with Crippen molar-refractivity contribution >= 4 is 16.0 Å². The summed E-state index contributed by atoms with van der Waals surface area (Å²) in [6.07, 6.45) is 1.71. The average molecular weight is 469 g/mol. The van der Waals surface area contributed by atoms with Gasteiger partial charge in [0.15, 0.2) is 0 Å². The Labute approximate surface area is 192 Å². The molecule has 0 radical (unpaired) electrons. The first kappa shape index (κ1) is 22.9. The molecule has 1 aromatic heterocycles. The molecule has 0 aliphatic carbocycles. The molecule has 1 aliphatic heterocycles. The molecule has 9 heteroatoms. The van der Waals surface area contributed by atoms with Gasteiger partial charge in [-0.15, -0.1) is 0 Å². The number of aromatic nitrogens is 1. The number of hydrogen-bond acceptors (Lipinski definition) is 7. The van der Waals surface area contributed by atoms with Crippen LogP contribution in [0.4, 0.5) is 0 Å². The summed E-state index contributed by atoms with van der Waals surface area (Å²) in [5.74, 6) is 0.0845. The van der Waals surface area contributed by atoms with Crippen molar-refractivity contribution < 1.29 is 27.4 Å². The van der Waals surface area contributed by atoms with Crippen LogP contribution in [0.5, 0.6) is 5.75 Å². The van der Waals surface area contributed by atoms with Gasteiger partial charge in [0.2, 0.25) is 10.0 Å². The normalized spacial score (nSPS) is 14.5. The Bertz CT molecular complexity index is 1180. The number of carbonyl (C=O) groups is 1. The number of benzene rings is 2. The zero-order chi connectivity index (χ0) is 23.1. The minimum absolute atomic E-state index is 0.0554. The highest BCUT2D eigenvalue weighted by Gasteiger charge is 2.27. The quantitative estimate of drug-likeness (QED) is 0.469. The van der Waals surface area contributed by atoms with E-state index in [1.165, 1.54) is 28.6 Å². The van der Waals surface area contributed by atoms with E-state index >= 15 is 0 Å². The second kappa shape index (κ2) is 10.6. The van der Waals surface area contributed by atoms with Gasteiger partial charge in [0.25, 0.3) is 0 Å². The molecule has 8 nitrogen and oxygen atoms in total. The van der Waals surface area contributed by atoms with Crippen LogP contribution >= 0.6 is 0 Å². The fraction of sp³-hybridized carbons (Fsp3) is 0.250. The predicted molar refractivity (Wildman–Crippen MR) is 120 cm³/mol. The van der Waals surface area contributed by atoms with Crippen molar-refractivity contribution in [3.63, 3.8) is 0 Å². The van der Waals surface area contributed by atoms with E-state index in [0.29, 0.717) is 38.7 Å². The number of esters is 1. The Morgan fingerprint density at radius 2 is 1.76 bits per heavy atom. The lowest BCUT2D eigenvalue weighted by atomic mass is 10.2. The number of ether oxygens (including phenoxy) is 3. The zero-order valence-corrected chi connectivity index (χ0v) is 18.7. The monoisotopic (exact) mass is 468 g/mol. The van der Waals surface area contributed by atoms with E-state index in [2.05, 4.69) is 4.98 Å². The molecule has 0 atom stereocenters. The van der Waals surface area contributed by atoms with Crippen LogP contribution in [0.2, 0.25) is 0 Å². The van der Waals surface area contributed by atoms with E-state index in [1.807, 2.05) is 18.2 Å². The lowest BCUT2D eigenvalue weighted by Gasteiger charge is -2.26. The van der Waals surface area contributed by atoms with Crippen molar-refractivity contribution in [3.05, 3.63) is 89.7 Å².